The molecule has 0 aliphatic carbocycles. The largest absolute Gasteiger partial charge is 0.486 e. The van der Waals surface area contributed by atoms with E-state index in [-0.39, 0.29) is 24.8 Å². The zero-order valence-electron chi connectivity index (χ0n) is 20.0. The van der Waals surface area contributed by atoms with E-state index in [1.54, 1.807) is 24.1 Å². The van der Waals surface area contributed by atoms with Gasteiger partial charge in [0.05, 0.1) is 10.0 Å². The minimum Gasteiger partial charge on any atom is -0.486 e. The van der Waals surface area contributed by atoms with Gasteiger partial charge in [-0.25, -0.2) is 0 Å². The number of fused-ring (bicyclic) bond motifs is 1. The Morgan fingerprint density at radius 2 is 1.61 bits per heavy atom. The Morgan fingerprint density at radius 3 is 2.33 bits per heavy atom. The number of amides is 2. The number of nitrogens with zero attached hydrogens (tertiary/aromatic N) is 1. The molecule has 6 nitrogen and oxygen atoms in total. The van der Waals surface area contributed by atoms with Gasteiger partial charge in [0.1, 0.15) is 19.3 Å². The van der Waals surface area contributed by atoms with Gasteiger partial charge in [-0.15, -0.1) is 0 Å². The molecule has 0 spiro atoms. The summed E-state index contributed by atoms with van der Waals surface area (Å²) in [6, 6.07) is 19.9. The van der Waals surface area contributed by atoms with Crippen LogP contribution in [0, 0.1) is 0 Å². The molecule has 188 valence electrons. The van der Waals surface area contributed by atoms with Crippen LogP contribution in [0.15, 0.2) is 66.7 Å². The standard InChI is InChI=1S/C28H28Cl2N2O4/c1-31-28(34)24(16-19-5-3-2-4-6-19)32(18-21-7-10-22(29)23(30)15-21)27(33)12-9-20-8-11-25-26(17-20)36-14-13-35-25/h2-8,10-11,15,17,24H,9,12-14,16,18H2,1H3,(H,31,34)/t24-/m0/s1. The third-order valence-electron chi connectivity index (χ3n) is 6.09. The highest BCUT2D eigenvalue weighted by Gasteiger charge is 2.29. The topological polar surface area (TPSA) is 67.9 Å². The number of ether oxygens (including phenoxy) is 2. The second-order valence-corrected chi connectivity index (χ2v) is 9.38. The Morgan fingerprint density at radius 1 is 0.889 bits per heavy atom. The predicted molar refractivity (Wildman–Crippen MR) is 141 cm³/mol. The highest BCUT2D eigenvalue weighted by Crippen LogP contribution is 2.31. The number of carbonyl (C=O) groups excluding carboxylic acids is 2. The average molecular weight is 527 g/mol. The van der Waals surface area contributed by atoms with Crippen molar-refractivity contribution in [1.82, 2.24) is 10.2 Å². The molecular formula is C28H28Cl2N2O4. The smallest absolute Gasteiger partial charge is 0.242 e. The van der Waals surface area contributed by atoms with E-state index in [1.807, 2.05) is 54.6 Å². The second kappa shape index (κ2) is 12.2. The summed E-state index contributed by atoms with van der Waals surface area (Å²) in [5, 5.41) is 3.56. The molecule has 36 heavy (non-hydrogen) atoms. The Kier molecular flexibility index (Phi) is 8.73. The van der Waals surface area contributed by atoms with Gasteiger partial charge in [-0.3, -0.25) is 9.59 Å². The van der Waals surface area contributed by atoms with Gasteiger partial charge >= 0.3 is 0 Å². The van der Waals surface area contributed by atoms with E-state index in [9.17, 15) is 9.59 Å². The van der Waals surface area contributed by atoms with Crippen molar-refractivity contribution in [3.8, 4) is 11.5 Å². The van der Waals surface area contributed by atoms with Crippen molar-refractivity contribution in [2.75, 3.05) is 20.3 Å². The van der Waals surface area contributed by atoms with Gasteiger partial charge in [0.25, 0.3) is 0 Å². The van der Waals surface area contributed by atoms with Gasteiger partial charge in [-0.2, -0.15) is 0 Å². The van der Waals surface area contributed by atoms with E-state index in [1.165, 1.54) is 0 Å². The van der Waals surface area contributed by atoms with Crippen molar-refractivity contribution in [1.29, 1.82) is 0 Å². The monoisotopic (exact) mass is 526 g/mol. The van der Waals surface area contributed by atoms with Gasteiger partial charge in [-0.1, -0.05) is 65.7 Å². The SMILES string of the molecule is CNC(=O)[C@H](Cc1ccccc1)N(Cc1ccc(Cl)c(Cl)c1)C(=O)CCc1ccc2c(c1)OCCO2. The van der Waals surface area contributed by atoms with E-state index >= 15 is 0 Å². The number of likely N-dealkylation sites (N-methyl/N-ethyl adjacent to an activating group) is 1. The van der Waals surface area contributed by atoms with E-state index in [2.05, 4.69) is 5.32 Å². The quantitative estimate of drug-likeness (QED) is 0.422. The van der Waals surface area contributed by atoms with Crippen LogP contribution in [-0.4, -0.2) is 43.0 Å². The summed E-state index contributed by atoms with van der Waals surface area (Å²) in [4.78, 5) is 28.3. The summed E-state index contributed by atoms with van der Waals surface area (Å²) < 4.78 is 11.3. The highest BCUT2D eigenvalue weighted by atomic mass is 35.5. The van der Waals surface area contributed by atoms with Crippen LogP contribution in [0.5, 0.6) is 11.5 Å². The fourth-order valence-electron chi connectivity index (χ4n) is 4.19. The van der Waals surface area contributed by atoms with Crippen molar-refractivity contribution < 1.29 is 19.1 Å². The normalized spacial score (nSPS) is 13.1. The molecule has 0 bridgehead atoms. The number of halogens is 2. The lowest BCUT2D eigenvalue weighted by molar-refractivity contribution is -0.141. The molecule has 3 aromatic rings. The number of benzene rings is 3. The van der Waals surface area contributed by atoms with Gasteiger partial charge < -0.3 is 19.7 Å². The van der Waals surface area contributed by atoms with Gasteiger partial charge in [0.15, 0.2) is 11.5 Å². The molecule has 1 N–H and O–H groups in total. The van der Waals surface area contributed by atoms with Gasteiger partial charge in [0, 0.05) is 26.4 Å². The molecule has 8 heteroatoms. The molecule has 1 heterocycles. The third kappa shape index (κ3) is 6.50. The zero-order chi connectivity index (χ0) is 25.5. The van der Waals surface area contributed by atoms with Crippen LogP contribution >= 0.6 is 23.2 Å². The van der Waals surface area contributed by atoms with E-state index in [0.717, 1.165) is 16.7 Å². The lowest BCUT2D eigenvalue weighted by Gasteiger charge is -2.31. The molecule has 0 radical (unpaired) electrons. The van der Waals surface area contributed by atoms with Crippen molar-refractivity contribution >= 4 is 35.0 Å². The summed E-state index contributed by atoms with van der Waals surface area (Å²) in [6.07, 6.45) is 1.11. The number of hydrogen-bond donors (Lipinski definition) is 1. The number of aryl methyl sites for hydroxylation is 1. The van der Waals surface area contributed by atoms with Crippen molar-refractivity contribution in [3.63, 3.8) is 0 Å². The Hall–Kier alpha value is -3.22. The summed E-state index contributed by atoms with van der Waals surface area (Å²) >= 11 is 12.3. The summed E-state index contributed by atoms with van der Waals surface area (Å²) in [5.41, 5.74) is 2.71. The maximum Gasteiger partial charge on any atom is 0.242 e. The molecule has 0 saturated carbocycles. The maximum absolute atomic E-state index is 13.6. The maximum atomic E-state index is 13.6. The third-order valence-corrected chi connectivity index (χ3v) is 6.83. The fourth-order valence-corrected chi connectivity index (χ4v) is 4.51. The van der Waals surface area contributed by atoms with Crippen LogP contribution in [0.4, 0.5) is 0 Å². The first-order valence-electron chi connectivity index (χ1n) is 11.8. The molecule has 0 fully saturated rings. The van der Waals surface area contributed by atoms with Crippen LogP contribution in [0.2, 0.25) is 10.0 Å². The lowest BCUT2D eigenvalue weighted by atomic mass is 10.0. The van der Waals surface area contributed by atoms with E-state index < -0.39 is 6.04 Å². The summed E-state index contributed by atoms with van der Waals surface area (Å²) in [7, 11) is 1.58. The average Bonchev–Trinajstić information content (AvgIpc) is 2.91. The molecule has 4 rings (SSSR count). The van der Waals surface area contributed by atoms with E-state index in [4.69, 9.17) is 32.7 Å². The van der Waals surface area contributed by atoms with Crippen LogP contribution in [-0.2, 0) is 29.0 Å². The van der Waals surface area contributed by atoms with Crippen molar-refractivity contribution in [2.24, 2.45) is 0 Å². The number of hydrogen-bond acceptors (Lipinski definition) is 4. The minimum atomic E-state index is -0.695. The predicted octanol–water partition coefficient (Wildman–Crippen LogP) is 5.08. The second-order valence-electron chi connectivity index (χ2n) is 8.57. The number of nitrogens with one attached hydrogen (secondary N) is 1. The number of carbonyl (C=O) groups is 2. The molecule has 1 aliphatic rings. The Labute approximate surface area is 221 Å². The Balaban J connectivity index is 1.58. The molecule has 1 atom stereocenters. The van der Waals surface area contributed by atoms with Crippen LogP contribution in [0.1, 0.15) is 23.1 Å². The molecule has 0 saturated heterocycles. The van der Waals surface area contributed by atoms with Crippen LogP contribution in [0.3, 0.4) is 0 Å². The van der Waals surface area contributed by atoms with Crippen LogP contribution < -0.4 is 14.8 Å². The molecule has 0 aromatic heterocycles. The Bertz CT molecular complexity index is 1220. The van der Waals surface area contributed by atoms with Gasteiger partial charge in [-0.05, 0) is 47.4 Å². The van der Waals surface area contributed by atoms with Gasteiger partial charge in [0.2, 0.25) is 11.8 Å². The summed E-state index contributed by atoms with van der Waals surface area (Å²) in [6.45, 7) is 1.25. The summed E-state index contributed by atoms with van der Waals surface area (Å²) in [5.74, 6) is 1.03. The zero-order valence-corrected chi connectivity index (χ0v) is 21.5. The highest BCUT2D eigenvalue weighted by molar-refractivity contribution is 6.42. The molecule has 1 aliphatic heterocycles. The minimum absolute atomic E-state index is 0.138. The first-order chi connectivity index (χ1) is 17.4. The van der Waals surface area contributed by atoms with Crippen molar-refractivity contribution in [2.45, 2.75) is 31.8 Å². The van der Waals surface area contributed by atoms with Crippen LogP contribution in [0.25, 0.3) is 0 Å². The van der Waals surface area contributed by atoms with E-state index in [0.29, 0.717) is 47.6 Å². The molecule has 0 unspecified atom stereocenters. The lowest BCUT2D eigenvalue weighted by Crippen LogP contribution is -2.49. The first kappa shape index (κ1) is 25.9. The fraction of sp³-hybridized carbons (Fsp3) is 0.286. The molecular weight excluding hydrogens is 499 g/mol. The molecule has 2 amide bonds. The number of rotatable bonds is 9. The van der Waals surface area contributed by atoms with Crippen molar-refractivity contribution in [3.05, 3.63) is 93.5 Å². The molecule has 3 aromatic carbocycles. The first-order valence-corrected chi connectivity index (χ1v) is 12.6.